The van der Waals surface area contributed by atoms with Gasteiger partial charge in [0, 0.05) is 17.1 Å². The van der Waals surface area contributed by atoms with E-state index in [2.05, 4.69) is 56.3 Å². The van der Waals surface area contributed by atoms with Gasteiger partial charge < -0.3 is 0 Å². The van der Waals surface area contributed by atoms with Crippen LogP contribution in [0.3, 0.4) is 0 Å². The Balaban J connectivity index is 1.54. The number of fused-ring (bicyclic) bond motifs is 4. The zero-order valence-electron chi connectivity index (χ0n) is 19.8. The number of benzene rings is 5. The van der Waals surface area contributed by atoms with Crippen molar-refractivity contribution in [2.45, 2.75) is 20.0 Å². The average Bonchev–Trinajstić information content (AvgIpc) is 2.86. The van der Waals surface area contributed by atoms with E-state index in [1.165, 1.54) is 23.3 Å². The molecule has 0 fully saturated rings. The standard InChI is InChI=1S/C32H22F3N/c1-19-15-20(2)17-23(16-19)31-29-10-8-22-18-21(7-9-24(22)27(29)13-14-36-31)25-11-12-30(32(33,34)35)28-6-4-3-5-26(25)28/h3-18H,1-2H3. The monoisotopic (exact) mass is 477 g/mol. The molecule has 4 heteroatoms. The minimum absolute atomic E-state index is 0.213. The first-order valence-corrected chi connectivity index (χ1v) is 11.8. The van der Waals surface area contributed by atoms with Gasteiger partial charge in [-0.15, -0.1) is 0 Å². The van der Waals surface area contributed by atoms with Crippen LogP contribution >= 0.6 is 0 Å². The normalized spacial score (nSPS) is 12.0. The summed E-state index contributed by atoms with van der Waals surface area (Å²) in [7, 11) is 0. The van der Waals surface area contributed by atoms with Crippen LogP contribution in [0.25, 0.3) is 54.7 Å². The van der Waals surface area contributed by atoms with Gasteiger partial charge >= 0.3 is 6.18 Å². The fraction of sp³-hybridized carbons (Fsp3) is 0.0938. The Morgan fingerprint density at radius 2 is 1.31 bits per heavy atom. The summed E-state index contributed by atoms with van der Waals surface area (Å²) in [6.07, 6.45) is -2.56. The molecule has 6 rings (SSSR count). The lowest BCUT2D eigenvalue weighted by atomic mass is 9.92. The third-order valence-electron chi connectivity index (χ3n) is 6.80. The molecule has 0 aliphatic heterocycles. The van der Waals surface area contributed by atoms with Crippen LogP contribution in [-0.4, -0.2) is 4.98 Å². The van der Waals surface area contributed by atoms with Crippen molar-refractivity contribution in [2.24, 2.45) is 0 Å². The Bertz CT molecular complexity index is 1780. The van der Waals surface area contributed by atoms with Gasteiger partial charge in [-0.3, -0.25) is 4.98 Å². The molecule has 1 heterocycles. The number of hydrogen-bond acceptors (Lipinski definition) is 1. The van der Waals surface area contributed by atoms with Crippen molar-refractivity contribution < 1.29 is 13.2 Å². The van der Waals surface area contributed by atoms with Crippen LogP contribution in [-0.2, 0) is 6.18 Å². The number of alkyl halides is 3. The van der Waals surface area contributed by atoms with Gasteiger partial charge in [-0.25, -0.2) is 0 Å². The van der Waals surface area contributed by atoms with Crippen LogP contribution in [0.5, 0.6) is 0 Å². The lowest BCUT2D eigenvalue weighted by molar-refractivity contribution is -0.136. The molecular weight excluding hydrogens is 455 g/mol. The number of rotatable bonds is 2. The van der Waals surface area contributed by atoms with E-state index in [0.29, 0.717) is 5.39 Å². The topological polar surface area (TPSA) is 12.9 Å². The van der Waals surface area contributed by atoms with Crippen molar-refractivity contribution >= 4 is 32.3 Å². The molecule has 0 N–H and O–H groups in total. The molecule has 0 spiro atoms. The maximum atomic E-state index is 13.6. The third kappa shape index (κ3) is 3.70. The van der Waals surface area contributed by atoms with Crippen LogP contribution < -0.4 is 0 Å². The molecule has 0 bridgehead atoms. The van der Waals surface area contributed by atoms with Gasteiger partial charge in [0.05, 0.1) is 11.3 Å². The smallest absolute Gasteiger partial charge is 0.256 e. The summed E-state index contributed by atoms with van der Waals surface area (Å²) in [5.41, 5.74) is 5.47. The Hall–Kier alpha value is -4.18. The van der Waals surface area contributed by atoms with Crippen molar-refractivity contribution in [3.8, 4) is 22.4 Å². The molecule has 0 aliphatic rings. The minimum Gasteiger partial charge on any atom is -0.256 e. The third-order valence-corrected chi connectivity index (χ3v) is 6.80. The molecular formula is C32H22F3N. The summed E-state index contributed by atoms with van der Waals surface area (Å²) in [4.78, 5) is 4.70. The lowest BCUT2D eigenvalue weighted by Gasteiger charge is -2.15. The summed E-state index contributed by atoms with van der Waals surface area (Å²) in [6, 6.07) is 28.2. The molecule has 5 aromatic carbocycles. The highest BCUT2D eigenvalue weighted by Crippen LogP contribution is 2.40. The highest BCUT2D eigenvalue weighted by Gasteiger charge is 2.32. The van der Waals surface area contributed by atoms with Crippen molar-refractivity contribution in [1.29, 1.82) is 0 Å². The molecule has 0 atom stereocenters. The summed E-state index contributed by atoms with van der Waals surface area (Å²) < 4.78 is 40.8. The molecule has 0 amide bonds. The Morgan fingerprint density at radius 3 is 2.06 bits per heavy atom. The largest absolute Gasteiger partial charge is 0.417 e. The Kier molecular flexibility index (Phi) is 5.08. The van der Waals surface area contributed by atoms with Gasteiger partial charge in [0.2, 0.25) is 0 Å². The van der Waals surface area contributed by atoms with Crippen molar-refractivity contribution in [1.82, 2.24) is 4.98 Å². The number of aryl methyl sites for hydroxylation is 2. The minimum atomic E-state index is -4.40. The second-order valence-corrected chi connectivity index (χ2v) is 9.34. The SMILES string of the molecule is Cc1cc(C)cc(-c2nccc3c2ccc2cc(-c4ccc(C(F)(F)F)c5ccccc45)ccc23)c1. The van der Waals surface area contributed by atoms with Crippen LogP contribution in [0.4, 0.5) is 13.2 Å². The van der Waals surface area contributed by atoms with Crippen molar-refractivity contribution in [3.63, 3.8) is 0 Å². The predicted octanol–water partition coefficient (Wildman–Crippen LogP) is 9.51. The number of aromatic nitrogens is 1. The number of pyridine rings is 1. The van der Waals surface area contributed by atoms with Crippen LogP contribution in [0.1, 0.15) is 16.7 Å². The van der Waals surface area contributed by atoms with Crippen molar-refractivity contribution in [2.75, 3.05) is 0 Å². The fourth-order valence-electron chi connectivity index (χ4n) is 5.30. The molecule has 0 unspecified atom stereocenters. The molecule has 6 aromatic rings. The Labute approximate surface area is 206 Å². The van der Waals surface area contributed by atoms with E-state index >= 15 is 0 Å². The van der Waals surface area contributed by atoms with Crippen molar-refractivity contribution in [3.05, 3.63) is 114 Å². The zero-order chi connectivity index (χ0) is 25.0. The van der Waals surface area contributed by atoms with Gasteiger partial charge in [-0.2, -0.15) is 13.2 Å². The summed E-state index contributed by atoms with van der Waals surface area (Å²) in [6.45, 7) is 4.17. The van der Waals surface area contributed by atoms with Gasteiger partial charge in [-0.1, -0.05) is 71.8 Å². The van der Waals surface area contributed by atoms with Crippen LogP contribution in [0, 0.1) is 13.8 Å². The van der Waals surface area contributed by atoms with Crippen LogP contribution in [0.15, 0.2) is 97.2 Å². The first-order chi connectivity index (χ1) is 17.3. The molecule has 0 aliphatic carbocycles. The molecule has 0 saturated heterocycles. The molecule has 1 nitrogen and oxygen atoms in total. The first-order valence-electron chi connectivity index (χ1n) is 11.8. The first kappa shape index (κ1) is 22.3. The molecule has 0 saturated carbocycles. The van der Waals surface area contributed by atoms with Crippen LogP contribution in [0.2, 0.25) is 0 Å². The molecule has 1 aromatic heterocycles. The van der Waals surface area contributed by atoms with Gasteiger partial charge in [0.25, 0.3) is 0 Å². The second kappa shape index (κ2) is 8.20. The summed E-state index contributed by atoms with van der Waals surface area (Å²) in [5, 5.41) is 5.09. The van der Waals surface area contributed by atoms with Gasteiger partial charge in [-0.05, 0) is 82.2 Å². The Morgan fingerprint density at radius 1 is 0.583 bits per heavy atom. The predicted molar refractivity (Wildman–Crippen MR) is 142 cm³/mol. The summed E-state index contributed by atoms with van der Waals surface area (Å²) >= 11 is 0. The lowest BCUT2D eigenvalue weighted by Crippen LogP contribution is -2.05. The second-order valence-electron chi connectivity index (χ2n) is 9.34. The van der Waals surface area contributed by atoms with Gasteiger partial charge in [0.15, 0.2) is 0 Å². The number of nitrogens with zero attached hydrogens (tertiary/aromatic N) is 1. The highest BCUT2D eigenvalue weighted by atomic mass is 19.4. The number of hydrogen-bond donors (Lipinski definition) is 0. The van der Waals surface area contributed by atoms with E-state index in [0.717, 1.165) is 43.9 Å². The van der Waals surface area contributed by atoms with E-state index in [1.54, 1.807) is 24.3 Å². The van der Waals surface area contributed by atoms with E-state index in [9.17, 15) is 13.2 Å². The molecule has 36 heavy (non-hydrogen) atoms. The zero-order valence-corrected chi connectivity index (χ0v) is 19.8. The van der Waals surface area contributed by atoms with Gasteiger partial charge in [0.1, 0.15) is 0 Å². The maximum Gasteiger partial charge on any atom is 0.417 e. The highest BCUT2D eigenvalue weighted by molar-refractivity contribution is 6.12. The van der Waals surface area contributed by atoms with E-state index in [-0.39, 0.29) is 5.39 Å². The fourth-order valence-corrected chi connectivity index (χ4v) is 5.30. The summed E-state index contributed by atoms with van der Waals surface area (Å²) in [5.74, 6) is 0. The van der Waals surface area contributed by atoms with E-state index < -0.39 is 11.7 Å². The molecule has 176 valence electrons. The quantitative estimate of drug-likeness (QED) is 0.226. The van der Waals surface area contributed by atoms with E-state index in [4.69, 9.17) is 4.98 Å². The maximum absolute atomic E-state index is 13.6. The molecule has 0 radical (unpaired) electrons. The number of halogens is 3. The van der Waals surface area contributed by atoms with E-state index in [1.807, 2.05) is 18.3 Å². The average molecular weight is 478 g/mol.